The maximum absolute atomic E-state index is 12.4. The molecule has 0 unspecified atom stereocenters. The van der Waals surface area contributed by atoms with E-state index in [0.717, 1.165) is 0 Å². The smallest absolute Gasteiger partial charge is 0.312 e. The number of rotatable bonds is 5. The molecule has 2 saturated carbocycles. The molecular formula is C19H28O8. The van der Waals surface area contributed by atoms with Crippen molar-refractivity contribution in [1.82, 2.24) is 0 Å². The van der Waals surface area contributed by atoms with Crippen LogP contribution in [0.2, 0.25) is 0 Å². The van der Waals surface area contributed by atoms with Crippen LogP contribution < -0.4 is 0 Å². The molecular weight excluding hydrogens is 356 g/mol. The summed E-state index contributed by atoms with van der Waals surface area (Å²) in [5, 5.41) is 8.70. The first-order valence-corrected chi connectivity index (χ1v) is 9.42. The zero-order valence-corrected chi connectivity index (χ0v) is 16.1. The van der Waals surface area contributed by atoms with Crippen LogP contribution in [0.3, 0.4) is 0 Å². The van der Waals surface area contributed by atoms with Gasteiger partial charge in [-0.1, -0.05) is 13.8 Å². The van der Waals surface area contributed by atoms with Gasteiger partial charge in [0.25, 0.3) is 0 Å². The zero-order valence-electron chi connectivity index (χ0n) is 16.1. The van der Waals surface area contributed by atoms with Gasteiger partial charge in [-0.2, -0.15) is 0 Å². The Hall–Kier alpha value is -1.67. The molecule has 0 radical (unpaired) electrons. The van der Waals surface area contributed by atoms with Gasteiger partial charge in [0, 0.05) is 18.3 Å². The van der Waals surface area contributed by atoms with Crippen molar-refractivity contribution < 1.29 is 38.4 Å². The number of carboxylic acids is 1. The van der Waals surface area contributed by atoms with Crippen molar-refractivity contribution in [3.05, 3.63) is 0 Å². The molecule has 3 rings (SSSR count). The van der Waals surface area contributed by atoms with Crippen LogP contribution >= 0.6 is 0 Å². The number of fused-ring (bicyclic) bond motifs is 1. The fourth-order valence-electron chi connectivity index (χ4n) is 4.55. The molecule has 0 aromatic carbocycles. The summed E-state index contributed by atoms with van der Waals surface area (Å²) in [7, 11) is 1.32. The lowest BCUT2D eigenvalue weighted by atomic mass is 9.90. The minimum atomic E-state index is -1.06. The average molecular weight is 384 g/mol. The normalized spacial score (nSPS) is 33.4. The van der Waals surface area contributed by atoms with Crippen LogP contribution in [0.1, 0.15) is 46.0 Å². The molecule has 1 saturated heterocycles. The maximum Gasteiger partial charge on any atom is 0.312 e. The Morgan fingerprint density at radius 2 is 1.78 bits per heavy atom. The minimum Gasteiger partial charge on any atom is -0.481 e. The summed E-state index contributed by atoms with van der Waals surface area (Å²) in [6.07, 6.45) is 0.663. The SMILES string of the molecule is COC(=O)[C@@H]1[C@@H]2CC3(C[C@@H]2C[C@H]1OC(=O)CCC(=O)O)OCC(C)(C)CO3. The van der Waals surface area contributed by atoms with E-state index in [1.54, 1.807) is 0 Å². The molecule has 3 fully saturated rings. The Labute approximate surface area is 158 Å². The highest BCUT2D eigenvalue weighted by atomic mass is 16.7. The maximum atomic E-state index is 12.4. The van der Waals surface area contributed by atoms with Gasteiger partial charge in [0.2, 0.25) is 0 Å². The Morgan fingerprint density at radius 1 is 1.11 bits per heavy atom. The summed E-state index contributed by atoms with van der Waals surface area (Å²) in [5.74, 6) is -3.23. The fourth-order valence-corrected chi connectivity index (χ4v) is 4.55. The number of hydrogen-bond donors (Lipinski definition) is 1. The number of carboxylic acid groups (broad SMARTS) is 1. The van der Waals surface area contributed by atoms with Gasteiger partial charge in [0.05, 0.1) is 39.1 Å². The Kier molecular flexibility index (Phi) is 5.49. The van der Waals surface area contributed by atoms with Crippen LogP contribution in [0.5, 0.6) is 0 Å². The monoisotopic (exact) mass is 384 g/mol. The van der Waals surface area contributed by atoms with Crippen molar-refractivity contribution in [3.63, 3.8) is 0 Å². The molecule has 2 aliphatic carbocycles. The Balaban J connectivity index is 1.67. The van der Waals surface area contributed by atoms with E-state index in [1.807, 2.05) is 0 Å². The molecule has 27 heavy (non-hydrogen) atoms. The van der Waals surface area contributed by atoms with Crippen LogP contribution in [0.15, 0.2) is 0 Å². The molecule has 8 nitrogen and oxygen atoms in total. The molecule has 0 aromatic rings. The predicted molar refractivity (Wildman–Crippen MR) is 91.5 cm³/mol. The molecule has 1 aliphatic heterocycles. The van der Waals surface area contributed by atoms with Gasteiger partial charge >= 0.3 is 17.9 Å². The first-order chi connectivity index (χ1) is 12.6. The molecule has 0 aromatic heterocycles. The second kappa shape index (κ2) is 7.39. The quantitative estimate of drug-likeness (QED) is 0.714. The molecule has 4 atom stereocenters. The van der Waals surface area contributed by atoms with Crippen molar-refractivity contribution in [2.24, 2.45) is 23.2 Å². The number of ether oxygens (including phenoxy) is 4. The predicted octanol–water partition coefficient (Wildman–Crippen LogP) is 1.75. The highest BCUT2D eigenvalue weighted by molar-refractivity contribution is 5.78. The van der Waals surface area contributed by atoms with Crippen LogP contribution in [0.4, 0.5) is 0 Å². The zero-order chi connectivity index (χ0) is 19.8. The van der Waals surface area contributed by atoms with E-state index in [1.165, 1.54) is 7.11 Å². The average Bonchev–Trinajstić information content (AvgIpc) is 3.09. The number of esters is 2. The van der Waals surface area contributed by atoms with Crippen molar-refractivity contribution in [3.8, 4) is 0 Å². The summed E-state index contributed by atoms with van der Waals surface area (Å²) < 4.78 is 22.6. The van der Waals surface area contributed by atoms with Crippen molar-refractivity contribution in [2.75, 3.05) is 20.3 Å². The van der Waals surface area contributed by atoms with Gasteiger partial charge in [0.15, 0.2) is 5.79 Å². The van der Waals surface area contributed by atoms with Crippen molar-refractivity contribution >= 4 is 17.9 Å². The second-order valence-corrected chi connectivity index (χ2v) is 8.69. The lowest BCUT2D eigenvalue weighted by molar-refractivity contribution is -0.298. The topological polar surface area (TPSA) is 108 Å². The fraction of sp³-hybridized carbons (Fsp3) is 0.842. The van der Waals surface area contributed by atoms with Crippen molar-refractivity contribution in [2.45, 2.75) is 57.8 Å². The van der Waals surface area contributed by atoms with E-state index in [4.69, 9.17) is 24.1 Å². The van der Waals surface area contributed by atoms with Gasteiger partial charge in [-0.05, 0) is 18.3 Å². The molecule has 1 N–H and O–H groups in total. The standard InChI is InChI=1S/C19H28O8/c1-18(2)9-25-19(26-10-18)7-11-6-13(27-15(22)5-4-14(20)21)16(12(11)8-19)17(23)24-3/h11-13,16H,4-10H2,1-3H3,(H,20,21)/t11-,12+,13+,16+/m0/s1. The third kappa shape index (κ3) is 4.27. The van der Waals surface area contributed by atoms with E-state index in [2.05, 4.69) is 13.8 Å². The Bertz CT molecular complexity index is 603. The summed E-state index contributed by atoms with van der Waals surface area (Å²) >= 11 is 0. The van der Waals surface area contributed by atoms with E-state index in [-0.39, 0.29) is 30.1 Å². The number of methoxy groups -OCH3 is 1. The van der Waals surface area contributed by atoms with Crippen LogP contribution in [-0.4, -0.2) is 55.2 Å². The third-order valence-corrected chi connectivity index (χ3v) is 5.87. The number of carbonyl (C=O) groups excluding carboxylic acids is 2. The number of aliphatic carboxylic acids is 1. The largest absolute Gasteiger partial charge is 0.481 e. The van der Waals surface area contributed by atoms with E-state index in [9.17, 15) is 14.4 Å². The van der Waals surface area contributed by atoms with Crippen LogP contribution in [-0.2, 0) is 33.3 Å². The summed E-state index contributed by atoms with van der Waals surface area (Å²) in [6.45, 7) is 5.37. The van der Waals surface area contributed by atoms with Crippen LogP contribution in [0.25, 0.3) is 0 Å². The minimum absolute atomic E-state index is 0.0348. The summed E-state index contributed by atoms with van der Waals surface area (Å²) in [5.41, 5.74) is -0.0348. The highest BCUT2D eigenvalue weighted by Gasteiger charge is 2.60. The highest BCUT2D eigenvalue weighted by Crippen LogP contribution is 2.55. The molecule has 0 bridgehead atoms. The third-order valence-electron chi connectivity index (χ3n) is 5.87. The lowest BCUT2D eigenvalue weighted by Gasteiger charge is -2.42. The summed E-state index contributed by atoms with van der Waals surface area (Å²) in [6, 6.07) is 0. The summed E-state index contributed by atoms with van der Waals surface area (Å²) in [4.78, 5) is 35.0. The molecule has 3 aliphatic rings. The van der Waals surface area contributed by atoms with E-state index in [0.29, 0.717) is 32.5 Å². The Morgan fingerprint density at radius 3 is 2.37 bits per heavy atom. The number of carbonyl (C=O) groups is 3. The molecule has 1 heterocycles. The van der Waals surface area contributed by atoms with Crippen molar-refractivity contribution in [1.29, 1.82) is 0 Å². The first kappa shape index (κ1) is 20.1. The second-order valence-electron chi connectivity index (χ2n) is 8.69. The van der Waals surface area contributed by atoms with Gasteiger partial charge in [-0.25, -0.2) is 0 Å². The van der Waals surface area contributed by atoms with Gasteiger partial charge in [-0.15, -0.1) is 0 Å². The van der Waals surface area contributed by atoms with Gasteiger partial charge in [-0.3, -0.25) is 14.4 Å². The number of hydrogen-bond acceptors (Lipinski definition) is 7. The molecule has 1 spiro atoms. The first-order valence-electron chi connectivity index (χ1n) is 9.42. The van der Waals surface area contributed by atoms with E-state index < -0.39 is 35.7 Å². The lowest BCUT2D eigenvalue weighted by Crippen LogP contribution is -2.47. The van der Waals surface area contributed by atoms with E-state index >= 15 is 0 Å². The van der Waals surface area contributed by atoms with Gasteiger partial charge in [0.1, 0.15) is 6.10 Å². The van der Waals surface area contributed by atoms with Gasteiger partial charge < -0.3 is 24.1 Å². The molecule has 0 amide bonds. The molecule has 152 valence electrons. The van der Waals surface area contributed by atoms with Crippen LogP contribution in [0, 0.1) is 23.2 Å². The molecule has 8 heteroatoms.